The molecule has 3 heteroatoms. The average molecular weight is 214 g/mol. The Labute approximate surface area is 92.8 Å². The van der Waals surface area contributed by atoms with Crippen molar-refractivity contribution in [3.05, 3.63) is 0 Å². The molecule has 0 aromatic heterocycles. The second-order valence-electron chi connectivity index (χ2n) is 4.62. The zero-order valence-corrected chi connectivity index (χ0v) is 10.3. The van der Waals surface area contributed by atoms with Crippen LogP contribution in [0.2, 0.25) is 0 Å². The quantitative estimate of drug-likeness (QED) is 0.690. The molecule has 0 heterocycles. The maximum atomic E-state index is 5.19. The molecule has 0 aromatic carbocycles. The summed E-state index contributed by atoms with van der Waals surface area (Å²) < 4.78 is 0. The van der Waals surface area contributed by atoms with E-state index in [2.05, 4.69) is 31.4 Å². The van der Waals surface area contributed by atoms with Crippen LogP contribution < -0.4 is 10.6 Å². The second kappa shape index (κ2) is 5.54. The highest BCUT2D eigenvalue weighted by molar-refractivity contribution is 7.80. The van der Waals surface area contributed by atoms with E-state index < -0.39 is 0 Å². The van der Waals surface area contributed by atoms with Gasteiger partial charge in [-0.2, -0.15) is 0 Å². The van der Waals surface area contributed by atoms with Gasteiger partial charge in [-0.3, -0.25) is 0 Å². The van der Waals surface area contributed by atoms with Gasteiger partial charge in [0, 0.05) is 12.6 Å². The number of nitrogens with one attached hydrogen (secondary N) is 2. The SMILES string of the molecule is CCNC(=S)NC1CC(C)CC(C)C1. The molecule has 0 amide bonds. The molecule has 1 aliphatic carbocycles. The van der Waals surface area contributed by atoms with Gasteiger partial charge in [-0.15, -0.1) is 0 Å². The number of thiocarbonyl (C=S) groups is 1. The molecule has 0 bridgehead atoms. The summed E-state index contributed by atoms with van der Waals surface area (Å²) in [5.41, 5.74) is 0. The van der Waals surface area contributed by atoms with Crippen molar-refractivity contribution in [3.8, 4) is 0 Å². The van der Waals surface area contributed by atoms with Crippen molar-refractivity contribution in [1.82, 2.24) is 10.6 Å². The van der Waals surface area contributed by atoms with Gasteiger partial charge in [0.15, 0.2) is 5.11 Å². The summed E-state index contributed by atoms with van der Waals surface area (Å²) in [4.78, 5) is 0. The first-order chi connectivity index (χ1) is 6.61. The lowest BCUT2D eigenvalue weighted by atomic mass is 9.80. The highest BCUT2D eigenvalue weighted by Crippen LogP contribution is 2.28. The van der Waals surface area contributed by atoms with E-state index in [0.29, 0.717) is 6.04 Å². The van der Waals surface area contributed by atoms with Crippen LogP contribution in [0, 0.1) is 11.8 Å². The molecule has 2 N–H and O–H groups in total. The molecule has 1 aliphatic rings. The minimum atomic E-state index is 0.584. The average Bonchev–Trinajstić information content (AvgIpc) is 2.01. The van der Waals surface area contributed by atoms with Gasteiger partial charge < -0.3 is 10.6 Å². The summed E-state index contributed by atoms with van der Waals surface area (Å²) in [6, 6.07) is 0.584. The van der Waals surface area contributed by atoms with Crippen molar-refractivity contribution in [1.29, 1.82) is 0 Å². The Morgan fingerprint density at radius 3 is 2.29 bits per heavy atom. The van der Waals surface area contributed by atoms with Gasteiger partial charge in [0.25, 0.3) is 0 Å². The first-order valence-electron chi connectivity index (χ1n) is 5.66. The zero-order chi connectivity index (χ0) is 10.6. The van der Waals surface area contributed by atoms with Crippen LogP contribution in [0.15, 0.2) is 0 Å². The molecular weight excluding hydrogens is 192 g/mol. The fourth-order valence-corrected chi connectivity index (χ4v) is 2.77. The number of hydrogen-bond acceptors (Lipinski definition) is 1. The molecule has 0 saturated heterocycles. The van der Waals surface area contributed by atoms with Crippen molar-refractivity contribution in [3.63, 3.8) is 0 Å². The van der Waals surface area contributed by atoms with Crippen LogP contribution >= 0.6 is 12.2 Å². The topological polar surface area (TPSA) is 24.1 Å². The first-order valence-corrected chi connectivity index (χ1v) is 6.07. The lowest BCUT2D eigenvalue weighted by molar-refractivity contribution is 0.256. The van der Waals surface area contributed by atoms with Crippen molar-refractivity contribution >= 4 is 17.3 Å². The van der Waals surface area contributed by atoms with Gasteiger partial charge in [0.05, 0.1) is 0 Å². The van der Waals surface area contributed by atoms with Crippen molar-refractivity contribution in [2.24, 2.45) is 11.8 Å². The Kier molecular flexibility index (Phi) is 4.66. The van der Waals surface area contributed by atoms with Crippen molar-refractivity contribution < 1.29 is 0 Å². The van der Waals surface area contributed by atoms with Gasteiger partial charge >= 0.3 is 0 Å². The van der Waals surface area contributed by atoms with Crippen molar-refractivity contribution in [2.75, 3.05) is 6.54 Å². The smallest absolute Gasteiger partial charge is 0.166 e. The third kappa shape index (κ3) is 3.82. The van der Waals surface area contributed by atoms with E-state index in [9.17, 15) is 0 Å². The summed E-state index contributed by atoms with van der Waals surface area (Å²) in [5, 5.41) is 7.36. The molecule has 14 heavy (non-hydrogen) atoms. The van der Waals surface area contributed by atoms with E-state index in [-0.39, 0.29) is 0 Å². The lowest BCUT2D eigenvalue weighted by Gasteiger charge is -2.32. The van der Waals surface area contributed by atoms with E-state index in [1.165, 1.54) is 19.3 Å². The summed E-state index contributed by atoms with van der Waals surface area (Å²) in [5.74, 6) is 1.67. The van der Waals surface area contributed by atoms with Gasteiger partial charge in [0.1, 0.15) is 0 Å². The van der Waals surface area contributed by atoms with Gasteiger partial charge in [-0.1, -0.05) is 13.8 Å². The minimum absolute atomic E-state index is 0.584. The summed E-state index contributed by atoms with van der Waals surface area (Å²) in [6.45, 7) is 7.64. The Morgan fingerprint density at radius 1 is 1.21 bits per heavy atom. The molecule has 0 radical (unpaired) electrons. The number of rotatable bonds is 2. The first kappa shape index (κ1) is 11.8. The molecule has 1 fully saturated rings. The predicted octanol–water partition coefficient (Wildman–Crippen LogP) is 2.30. The zero-order valence-electron chi connectivity index (χ0n) is 9.47. The maximum absolute atomic E-state index is 5.19. The third-order valence-electron chi connectivity index (χ3n) is 2.85. The molecule has 0 aliphatic heterocycles. The fourth-order valence-electron chi connectivity index (χ4n) is 2.46. The highest BCUT2D eigenvalue weighted by atomic mass is 32.1. The fraction of sp³-hybridized carbons (Fsp3) is 0.909. The monoisotopic (exact) mass is 214 g/mol. The van der Waals surface area contributed by atoms with Gasteiger partial charge in [-0.05, 0) is 50.2 Å². The Balaban J connectivity index is 2.33. The normalized spacial score (nSPS) is 32.4. The van der Waals surface area contributed by atoms with Gasteiger partial charge in [-0.25, -0.2) is 0 Å². The van der Waals surface area contributed by atoms with Crippen molar-refractivity contribution in [2.45, 2.75) is 46.1 Å². The van der Waals surface area contributed by atoms with Crippen LogP contribution in [0.1, 0.15) is 40.0 Å². The molecule has 0 spiro atoms. The van der Waals surface area contributed by atoms with Crippen LogP contribution in [0.4, 0.5) is 0 Å². The third-order valence-corrected chi connectivity index (χ3v) is 3.11. The molecule has 1 saturated carbocycles. The summed E-state index contributed by atoms with van der Waals surface area (Å²) in [7, 11) is 0. The van der Waals surface area contributed by atoms with Crippen LogP contribution in [-0.4, -0.2) is 17.7 Å². The van der Waals surface area contributed by atoms with E-state index in [0.717, 1.165) is 23.5 Å². The van der Waals surface area contributed by atoms with Crippen LogP contribution in [0.3, 0.4) is 0 Å². The van der Waals surface area contributed by atoms with Crippen LogP contribution in [0.25, 0.3) is 0 Å². The van der Waals surface area contributed by atoms with E-state index >= 15 is 0 Å². The standard InChI is InChI=1S/C11H22N2S/c1-4-12-11(14)13-10-6-8(2)5-9(3)7-10/h8-10H,4-7H2,1-3H3,(H2,12,13,14). The summed E-state index contributed by atoms with van der Waals surface area (Å²) in [6.07, 6.45) is 3.89. The van der Waals surface area contributed by atoms with Crippen LogP contribution in [0.5, 0.6) is 0 Å². The van der Waals surface area contributed by atoms with E-state index in [1.54, 1.807) is 0 Å². The maximum Gasteiger partial charge on any atom is 0.166 e. The largest absolute Gasteiger partial charge is 0.363 e. The molecule has 2 atom stereocenters. The molecule has 82 valence electrons. The molecule has 1 rings (SSSR count). The van der Waals surface area contributed by atoms with Crippen LogP contribution in [-0.2, 0) is 0 Å². The van der Waals surface area contributed by atoms with Gasteiger partial charge in [0.2, 0.25) is 0 Å². The predicted molar refractivity (Wildman–Crippen MR) is 65.4 cm³/mol. The Hall–Kier alpha value is -0.310. The second-order valence-corrected chi connectivity index (χ2v) is 5.03. The van der Waals surface area contributed by atoms with E-state index in [1.807, 2.05) is 0 Å². The minimum Gasteiger partial charge on any atom is -0.363 e. The summed E-state index contributed by atoms with van der Waals surface area (Å²) >= 11 is 5.19. The molecule has 2 nitrogen and oxygen atoms in total. The molecule has 2 unspecified atom stereocenters. The number of hydrogen-bond donors (Lipinski definition) is 2. The highest BCUT2D eigenvalue weighted by Gasteiger charge is 2.23. The molecule has 0 aromatic rings. The van der Waals surface area contributed by atoms with E-state index in [4.69, 9.17) is 12.2 Å². The lowest BCUT2D eigenvalue weighted by Crippen LogP contribution is -2.44. The Bertz CT molecular complexity index is 184. The molecular formula is C11H22N2S. The Morgan fingerprint density at radius 2 is 1.79 bits per heavy atom.